The van der Waals surface area contributed by atoms with Gasteiger partial charge in [-0.3, -0.25) is 0 Å². The molecule has 0 aromatic heterocycles. The van der Waals surface area contributed by atoms with E-state index in [0.29, 0.717) is 16.0 Å². The zero-order chi connectivity index (χ0) is 11.5. The Morgan fingerprint density at radius 1 is 0.938 bits per heavy atom. The van der Waals surface area contributed by atoms with Gasteiger partial charge in [0, 0.05) is 16.1 Å². The molecule has 0 spiro atoms. The summed E-state index contributed by atoms with van der Waals surface area (Å²) < 4.78 is 0. The van der Waals surface area contributed by atoms with Crippen molar-refractivity contribution in [3.8, 4) is 0 Å². The van der Waals surface area contributed by atoms with E-state index in [4.69, 9.17) is 28.9 Å². The van der Waals surface area contributed by atoms with Gasteiger partial charge >= 0.3 is 0 Å². The Morgan fingerprint density at radius 3 is 2.25 bits per heavy atom. The summed E-state index contributed by atoms with van der Waals surface area (Å²) in [5, 5.41) is 1.41. The molecule has 3 heteroatoms. The molecule has 0 heterocycles. The molecule has 0 saturated heterocycles. The normalized spacial score (nSPS) is 26.4. The second kappa shape index (κ2) is 5.39. The van der Waals surface area contributed by atoms with Crippen LogP contribution in [0.4, 0.5) is 0 Å². The van der Waals surface area contributed by atoms with Gasteiger partial charge in [-0.1, -0.05) is 42.5 Å². The zero-order valence-electron chi connectivity index (χ0n) is 9.26. The fourth-order valence-electron chi connectivity index (χ4n) is 2.54. The molecule has 2 atom stereocenters. The van der Waals surface area contributed by atoms with Gasteiger partial charge in [-0.2, -0.15) is 0 Å². The van der Waals surface area contributed by atoms with Crippen LogP contribution in [0.3, 0.4) is 0 Å². The minimum Gasteiger partial charge on any atom is -0.327 e. The lowest BCUT2D eigenvalue weighted by atomic mass is 9.88. The van der Waals surface area contributed by atoms with Crippen molar-refractivity contribution in [3.63, 3.8) is 0 Å². The second-order valence-corrected chi connectivity index (χ2v) is 5.48. The smallest absolute Gasteiger partial charge is 0.0423 e. The van der Waals surface area contributed by atoms with Crippen LogP contribution in [0.5, 0.6) is 0 Å². The number of halogens is 2. The topological polar surface area (TPSA) is 26.0 Å². The van der Waals surface area contributed by atoms with Crippen molar-refractivity contribution >= 4 is 23.2 Å². The molecular weight excluding hydrogens is 241 g/mol. The molecule has 0 bridgehead atoms. The Balaban J connectivity index is 2.26. The molecule has 2 N–H and O–H groups in total. The maximum atomic E-state index is 6.22. The molecule has 2 rings (SSSR count). The first kappa shape index (κ1) is 12.2. The number of rotatable bonds is 1. The lowest BCUT2D eigenvalue weighted by Crippen LogP contribution is -2.27. The summed E-state index contributed by atoms with van der Waals surface area (Å²) in [6.07, 6.45) is 6.04. The maximum Gasteiger partial charge on any atom is 0.0423 e. The third-order valence-electron chi connectivity index (χ3n) is 3.38. The van der Waals surface area contributed by atoms with Crippen LogP contribution in [-0.4, -0.2) is 6.04 Å². The number of hydrogen-bond donors (Lipinski definition) is 1. The van der Waals surface area contributed by atoms with Crippen LogP contribution in [0.25, 0.3) is 0 Å². The van der Waals surface area contributed by atoms with Gasteiger partial charge in [-0.05, 0) is 42.5 Å². The molecule has 1 aliphatic rings. The third kappa shape index (κ3) is 2.91. The Labute approximate surface area is 107 Å². The first-order valence-electron chi connectivity index (χ1n) is 5.88. The molecule has 1 fully saturated rings. The maximum absolute atomic E-state index is 6.22. The van der Waals surface area contributed by atoms with Gasteiger partial charge in [-0.25, -0.2) is 0 Å². The summed E-state index contributed by atoms with van der Waals surface area (Å²) in [7, 11) is 0. The minimum atomic E-state index is 0.247. The quantitative estimate of drug-likeness (QED) is 0.744. The Bertz CT molecular complexity index is 345. The number of nitrogens with two attached hydrogens (primary N) is 1. The van der Waals surface area contributed by atoms with E-state index in [1.165, 1.54) is 24.8 Å². The summed E-state index contributed by atoms with van der Waals surface area (Å²) in [5.74, 6) is 0.415. The highest BCUT2D eigenvalue weighted by Gasteiger charge is 2.22. The summed E-state index contributed by atoms with van der Waals surface area (Å²) >= 11 is 12.1. The fraction of sp³-hybridized carbons (Fsp3) is 0.538. The minimum absolute atomic E-state index is 0.247. The van der Waals surface area contributed by atoms with Crippen molar-refractivity contribution in [1.82, 2.24) is 0 Å². The van der Waals surface area contributed by atoms with Crippen LogP contribution in [0, 0.1) is 0 Å². The first-order chi connectivity index (χ1) is 7.66. The van der Waals surface area contributed by atoms with Gasteiger partial charge in [0.1, 0.15) is 0 Å². The molecule has 1 saturated carbocycles. The lowest BCUT2D eigenvalue weighted by molar-refractivity contribution is 0.505. The molecule has 1 aromatic rings. The van der Waals surface area contributed by atoms with Crippen molar-refractivity contribution in [2.24, 2.45) is 5.73 Å². The molecule has 0 aliphatic heterocycles. The largest absolute Gasteiger partial charge is 0.327 e. The summed E-state index contributed by atoms with van der Waals surface area (Å²) in [6.45, 7) is 0. The average Bonchev–Trinajstić information content (AvgIpc) is 2.41. The molecule has 0 amide bonds. The lowest BCUT2D eigenvalue weighted by Gasteiger charge is -2.22. The highest BCUT2D eigenvalue weighted by Crippen LogP contribution is 2.33. The van der Waals surface area contributed by atoms with Gasteiger partial charge < -0.3 is 5.73 Å². The van der Waals surface area contributed by atoms with E-state index in [9.17, 15) is 0 Å². The van der Waals surface area contributed by atoms with Crippen LogP contribution < -0.4 is 5.73 Å². The molecule has 88 valence electrons. The van der Waals surface area contributed by atoms with Gasteiger partial charge in [-0.15, -0.1) is 0 Å². The SMILES string of the molecule is NC1CCCCCC1c1cc(Cl)cc(Cl)c1. The predicted octanol–water partition coefficient (Wildman–Crippen LogP) is 4.37. The van der Waals surface area contributed by atoms with Crippen molar-refractivity contribution in [2.45, 2.75) is 44.1 Å². The molecule has 16 heavy (non-hydrogen) atoms. The van der Waals surface area contributed by atoms with E-state index < -0.39 is 0 Å². The van der Waals surface area contributed by atoms with E-state index in [-0.39, 0.29) is 6.04 Å². The molecule has 0 radical (unpaired) electrons. The van der Waals surface area contributed by atoms with Gasteiger partial charge in [0.15, 0.2) is 0 Å². The molecular formula is C13H17Cl2N. The molecule has 2 unspecified atom stereocenters. The standard InChI is InChI=1S/C13H17Cl2N/c14-10-6-9(7-11(15)8-10)12-4-2-1-3-5-13(12)16/h6-8,12-13H,1-5,16H2. The van der Waals surface area contributed by atoms with Crippen molar-refractivity contribution in [1.29, 1.82) is 0 Å². The zero-order valence-corrected chi connectivity index (χ0v) is 10.8. The highest BCUT2D eigenvalue weighted by atomic mass is 35.5. The van der Waals surface area contributed by atoms with Gasteiger partial charge in [0.25, 0.3) is 0 Å². The Hall–Kier alpha value is -0.240. The average molecular weight is 258 g/mol. The van der Waals surface area contributed by atoms with Crippen LogP contribution in [0.15, 0.2) is 18.2 Å². The van der Waals surface area contributed by atoms with Crippen molar-refractivity contribution < 1.29 is 0 Å². The van der Waals surface area contributed by atoms with Crippen LogP contribution in [0.2, 0.25) is 10.0 Å². The van der Waals surface area contributed by atoms with E-state index in [0.717, 1.165) is 12.8 Å². The van der Waals surface area contributed by atoms with E-state index in [1.54, 1.807) is 6.07 Å². The van der Waals surface area contributed by atoms with E-state index in [1.807, 2.05) is 12.1 Å². The second-order valence-electron chi connectivity index (χ2n) is 4.61. The van der Waals surface area contributed by atoms with Crippen LogP contribution in [-0.2, 0) is 0 Å². The molecule has 1 aromatic carbocycles. The van der Waals surface area contributed by atoms with Crippen LogP contribution in [0.1, 0.15) is 43.6 Å². The molecule has 1 aliphatic carbocycles. The summed E-state index contributed by atoms with van der Waals surface area (Å²) in [5.41, 5.74) is 7.43. The van der Waals surface area contributed by atoms with Crippen molar-refractivity contribution in [2.75, 3.05) is 0 Å². The van der Waals surface area contributed by atoms with E-state index in [2.05, 4.69) is 0 Å². The van der Waals surface area contributed by atoms with Gasteiger partial charge in [0.05, 0.1) is 0 Å². The Kier molecular flexibility index (Phi) is 4.12. The Morgan fingerprint density at radius 2 is 1.56 bits per heavy atom. The van der Waals surface area contributed by atoms with Gasteiger partial charge in [0.2, 0.25) is 0 Å². The molecule has 1 nitrogen and oxygen atoms in total. The van der Waals surface area contributed by atoms with E-state index >= 15 is 0 Å². The summed E-state index contributed by atoms with van der Waals surface area (Å²) in [6, 6.07) is 6.03. The first-order valence-corrected chi connectivity index (χ1v) is 6.64. The number of hydrogen-bond acceptors (Lipinski definition) is 1. The van der Waals surface area contributed by atoms with Crippen LogP contribution >= 0.6 is 23.2 Å². The third-order valence-corrected chi connectivity index (χ3v) is 3.82. The monoisotopic (exact) mass is 257 g/mol. The predicted molar refractivity (Wildman–Crippen MR) is 70.3 cm³/mol. The highest BCUT2D eigenvalue weighted by molar-refractivity contribution is 6.34. The number of benzene rings is 1. The van der Waals surface area contributed by atoms with Crippen molar-refractivity contribution in [3.05, 3.63) is 33.8 Å². The fourth-order valence-corrected chi connectivity index (χ4v) is 3.08. The summed E-state index contributed by atoms with van der Waals surface area (Å²) in [4.78, 5) is 0.